The maximum absolute atomic E-state index is 13.9. The fourth-order valence-corrected chi connectivity index (χ4v) is 3.60. The lowest BCUT2D eigenvalue weighted by atomic mass is 10.0. The summed E-state index contributed by atoms with van der Waals surface area (Å²) in [6.07, 6.45) is 5.27. The molecule has 0 spiro atoms. The van der Waals surface area contributed by atoms with Gasteiger partial charge in [0, 0.05) is 49.7 Å². The van der Waals surface area contributed by atoms with Gasteiger partial charge in [0.1, 0.15) is 11.5 Å². The summed E-state index contributed by atoms with van der Waals surface area (Å²) in [4.78, 5) is 22.0. The molecule has 0 atom stereocenters. The van der Waals surface area contributed by atoms with E-state index in [1.807, 2.05) is 4.68 Å². The molecule has 0 bridgehead atoms. The summed E-state index contributed by atoms with van der Waals surface area (Å²) < 4.78 is 15.9. The minimum Gasteiger partial charge on any atom is -0.343 e. The molecule has 1 amide bonds. The molecule has 27 heavy (non-hydrogen) atoms. The molecule has 1 aromatic carbocycles. The Balaban J connectivity index is 1.60. The fraction of sp³-hybridized carbons (Fsp3) is 0.350. The van der Waals surface area contributed by atoms with Gasteiger partial charge in [-0.05, 0) is 18.1 Å². The Bertz CT molecular complexity index is 947. The molecule has 1 aliphatic rings. The summed E-state index contributed by atoms with van der Waals surface area (Å²) in [6, 6.07) is 6.44. The zero-order chi connectivity index (χ0) is 18.8. The second-order valence-electron chi connectivity index (χ2n) is 6.77. The van der Waals surface area contributed by atoms with Crippen molar-refractivity contribution < 1.29 is 9.18 Å². The molecule has 3 heterocycles. The molecule has 0 saturated heterocycles. The van der Waals surface area contributed by atoms with Crippen LogP contribution in [0.3, 0.4) is 0 Å². The van der Waals surface area contributed by atoms with Gasteiger partial charge < -0.3 is 9.88 Å². The maximum Gasteiger partial charge on any atom is 0.227 e. The lowest BCUT2D eigenvalue weighted by molar-refractivity contribution is -0.131. The van der Waals surface area contributed by atoms with Crippen molar-refractivity contribution in [3.63, 3.8) is 0 Å². The molecule has 6 nitrogen and oxygen atoms in total. The quantitative estimate of drug-likeness (QED) is 0.754. The number of hydrogen-bond acceptors (Lipinski definition) is 3. The van der Waals surface area contributed by atoms with Crippen molar-refractivity contribution in [3.8, 4) is 11.5 Å². The van der Waals surface area contributed by atoms with Gasteiger partial charge in [0.15, 0.2) is 5.82 Å². The molecule has 0 aliphatic carbocycles. The number of rotatable bonds is 5. The lowest BCUT2D eigenvalue weighted by Gasteiger charge is -2.28. The number of aromatic nitrogens is 4. The molecule has 1 N–H and O–H groups in total. The number of halogens is 1. The zero-order valence-corrected chi connectivity index (χ0v) is 15.3. The van der Waals surface area contributed by atoms with Gasteiger partial charge in [-0.2, -0.15) is 5.10 Å². The molecule has 2 aromatic heterocycles. The van der Waals surface area contributed by atoms with E-state index >= 15 is 0 Å². The van der Waals surface area contributed by atoms with Crippen molar-refractivity contribution in [2.45, 2.75) is 39.3 Å². The van der Waals surface area contributed by atoms with E-state index in [1.54, 1.807) is 35.5 Å². The third-order valence-electron chi connectivity index (χ3n) is 4.94. The van der Waals surface area contributed by atoms with Gasteiger partial charge in [-0.15, -0.1) is 0 Å². The van der Waals surface area contributed by atoms with Crippen molar-refractivity contribution in [1.82, 2.24) is 24.6 Å². The highest BCUT2D eigenvalue weighted by atomic mass is 19.1. The SMILES string of the molecule is CCCn1nc(-c2ncc[nH]2)c2c1CCN(C(=O)Cc1ccccc1F)C2. The van der Waals surface area contributed by atoms with Crippen LogP contribution in [-0.2, 0) is 30.7 Å². The predicted octanol–water partition coefficient (Wildman–Crippen LogP) is 2.95. The van der Waals surface area contributed by atoms with Gasteiger partial charge in [0.25, 0.3) is 0 Å². The van der Waals surface area contributed by atoms with Crippen LogP contribution in [0.25, 0.3) is 11.5 Å². The Labute approximate surface area is 157 Å². The van der Waals surface area contributed by atoms with Gasteiger partial charge in [-0.3, -0.25) is 9.48 Å². The molecule has 0 unspecified atom stereocenters. The monoisotopic (exact) mass is 367 g/mol. The predicted molar refractivity (Wildman–Crippen MR) is 99.3 cm³/mol. The third kappa shape index (κ3) is 3.37. The van der Waals surface area contributed by atoms with Crippen molar-refractivity contribution >= 4 is 5.91 Å². The number of hydrogen-bond donors (Lipinski definition) is 1. The maximum atomic E-state index is 13.9. The number of nitrogens with one attached hydrogen (secondary N) is 1. The molecular formula is C20H22FN5O. The Hall–Kier alpha value is -2.96. The largest absolute Gasteiger partial charge is 0.343 e. The molecule has 0 saturated carbocycles. The first-order chi connectivity index (χ1) is 13.2. The Morgan fingerprint density at radius 2 is 2.19 bits per heavy atom. The summed E-state index contributed by atoms with van der Waals surface area (Å²) in [7, 11) is 0. The van der Waals surface area contributed by atoms with Crippen LogP contribution in [-0.4, -0.2) is 37.1 Å². The number of aromatic amines is 1. The number of carbonyl (C=O) groups is 1. The van der Waals surface area contributed by atoms with E-state index in [1.165, 1.54) is 6.07 Å². The van der Waals surface area contributed by atoms with Gasteiger partial charge in [-0.25, -0.2) is 9.37 Å². The second-order valence-corrected chi connectivity index (χ2v) is 6.77. The first-order valence-electron chi connectivity index (χ1n) is 9.27. The Morgan fingerprint density at radius 1 is 1.33 bits per heavy atom. The first-order valence-corrected chi connectivity index (χ1v) is 9.27. The van der Waals surface area contributed by atoms with Crippen LogP contribution in [0, 0.1) is 5.82 Å². The highest BCUT2D eigenvalue weighted by molar-refractivity contribution is 5.79. The molecular weight excluding hydrogens is 345 g/mol. The van der Waals surface area contributed by atoms with Crippen molar-refractivity contribution in [1.29, 1.82) is 0 Å². The normalized spacial score (nSPS) is 13.6. The van der Waals surface area contributed by atoms with Gasteiger partial charge in [-0.1, -0.05) is 25.1 Å². The zero-order valence-electron chi connectivity index (χ0n) is 15.3. The molecule has 1 aliphatic heterocycles. The van der Waals surface area contributed by atoms with Crippen LogP contribution >= 0.6 is 0 Å². The van der Waals surface area contributed by atoms with Crippen LogP contribution in [0.2, 0.25) is 0 Å². The van der Waals surface area contributed by atoms with Crippen molar-refractivity contribution in [2.24, 2.45) is 0 Å². The van der Waals surface area contributed by atoms with E-state index in [-0.39, 0.29) is 18.1 Å². The second kappa shape index (κ2) is 7.34. The minimum absolute atomic E-state index is 0.0700. The number of aryl methyl sites for hydroxylation is 1. The molecule has 0 fully saturated rings. The number of nitrogens with zero attached hydrogens (tertiary/aromatic N) is 4. The number of benzene rings is 1. The Kier molecular flexibility index (Phi) is 4.75. The van der Waals surface area contributed by atoms with E-state index in [0.29, 0.717) is 24.5 Å². The minimum atomic E-state index is -0.337. The van der Waals surface area contributed by atoms with E-state index in [4.69, 9.17) is 5.10 Å². The third-order valence-corrected chi connectivity index (χ3v) is 4.94. The van der Waals surface area contributed by atoms with Gasteiger partial charge in [0.05, 0.1) is 6.42 Å². The fourth-order valence-electron chi connectivity index (χ4n) is 3.60. The average molecular weight is 367 g/mol. The van der Waals surface area contributed by atoms with Crippen LogP contribution in [0.15, 0.2) is 36.7 Å². The molecule has 3 aromatic rings. The van der Waals surface area contributed by atoms with Crippen LogP contribution in [0.1, 0.15) is 30.2 Å². The molecule has 4 rings (SSSR count). The summed E-state index contributed by atoms with van der Waals surface area (Å²) in [5, 5.41) is 4.74. The topological polar surface area (TPSA) is 66.8 Å². The van der Waals surface area contributed by atoms with Crippen LogP contribution in [0.5, 0.6) is 0 Å². The number of imidazole rings is 1. The number of fused-ring (bicyclic) bond motifs is 1. The number of amides is 1. The Morgan fingerprint density at radius 3 is 2.93 bits per heavy atom. The molecule has 0 radical (unpaired) electrons. The highest BCUT2D eigenvalue weighted by Crippen LogP contribution is 2.29. The van der Waals surface area contributed by atoms with Crippen molar-refractivity contribution in [2.75, 3.05) is 6.54 Å². The van der Waals surface area contributed by atoms with Crippen LogP contribution in [0.4, 0.5) is 4.39 Å². The molecule has 7 heteroatoms. The average Bonchev–Trinajstić information content (AvgIpc) is 3.32. The van der Waals surface area contributed by atoms with Gasteiger partial charge >= 0.3 is 0 Å². The number of carbonyl (C=O) groups excluding carboxylic acids is 1. The molecule has 140 valence electrons. The smallest absolute Gasteiger partial charge is 0.227 e. The summed E-state index contributed by atoms with van der Waals surface area (Å²) >= 11 is 0. The van der Waals surface area contributed by atoms with Gasteiger partial charge in [0.2, 0.25) is 5.91 Å². The lowest BCUT2D eigenvalue weighted by Crippen LogP contribution is -2.37. The van der Waals surface area contributed by atoms with E-state index in [2.05, 4.69) is 16.9 Å². The van der Waals surface area contributed by atoms with E-state index in [9.17, 15) is 9.18 Å². The first kappa shape index (κ1) is 17.5. The van der Waals surface area contributed by atoms with Crippen molar-refractivity contribution in [3.05, 3.63) is 59.3 Å². The van der Waals surface area contributed by atoms with E-state index < -0.39 is 0 Å². The highest BCUT2D eigenvalue weighted by Gasteiger charge is 2.28. The summed E-state index contributed by atoms with van der Waals surface area (Å²) in [5.74, 6) is 0.305. The summed E-state index contributed by atoms with van der Waals surface area (Å²) in [5.41, 5.74) is 3.43. The van der Waals surface area contributed by atoms with E-state index in [0.717, 1.165) is 36.3 Å². The standard InChI is InChI=1S/C20H22FN5O/c1-2-10-26-17-7-11-25(18(27)12-14-5-3-4-6-16(14)21)13-15(17)19(24-26)20-22-8-9-23-20/h3-6,8-9H,2,7,10-13H2,1H3,(H,22,23). The summed E-state index contributed by atoms with van der Waals surface area (Å²) in [6.45, 7) is 4.05. The van der Waals surface area contributed by atoms with Crippen LogP contribution < -0.4 is 0 Å². The number of H-pyrrole nitrogens is 1.